The van der Waals surface area contributed by atoms with Gasteiger partial charge >= 0.3 is 0 Å². The molecule has 0 aliphatic rings. The summed E-state index contributed by atoms with van der Waals surface area (Å²) in [6, 6.07) is 0. The van der Waals surface area contributed by atoms with Crippen molar-refractivity contribution in [1.29, 1.82) is 0 Å². The van der Waals surface area contributed by atoms with Crippen LogP contribution in [0.3, 0.4) is 0 Å². The summed E-state index contributed by atoms with van der Waals surface area (Å²) in [5.41, 5.74) is 0. The van der Waals surface area contributed by atoms with Gasteiger partial charge in [-0.2, -0.15) is 0 Å². The zero-order chi connectivity index (χ0) is 21.5. The molecule has 0 aliphatic heterocycles. The maximum absolute atomic E-state index is 8.89. The van der Waals surface area contributed by atoms with E-state index in [1.54, 1.807) is 0 Å². The third-order valence-corrected chi connectivity index (χ3v) is 0. The van der Waals surface area contributed by atoms with Gasteiger partial charge in [-0.1, -0.05) is 0 Å². The molecule has 0 spiro atoms. The van der Waals surface area contributed by atoms with Gasteiger partial charge in [0, 0.05) is 66.9 Å². The Labute approximate surface area is 167 Å². The molecule has 13 heteroatoms. The zero-order valence-corrected chi connectivity index (χ0v) is 18.6. The van der Waals surface area contributed by atoms with Crippen LogP contribution < -0.4 is 30.6 Å². The maximum atomic E-state index is 8.89. The van der Waals surface area contributed by atoms with Gasteiger partial charge in [0.1, 0.15) is 0 Å². The second-order valence-corrected chi connectivity index (χ2v) is 2.95. The Bertz CT molecular complexity index is 261. The minimum atomic E-state index is -1.08. The fourth-order valence-corrected chi connectivity index (χ4v) is 0. The summed E-state index contributed by atoms with van der Waals surface area (Å²) < 4.78 is 0. The van der Waals surface area contributed by atoms with Crippen molar-refractivity contribution in [3.63, 3.8) is 0 Å². The molecule has 148 valence electrons. The van der Waals surface area contributed by atoms with Gasteiger partial charge < -0.3 is 59.4 Å². The zero-order valence-electron chi connectivity index (χ0n) is 14.4. The van der Waals surface area contributed by atoms with Crippen molar-refractivity contribution in [3.8, 4) is 0 Å². The fourth-order valence-electron chi connectivity index (χ4n) is 0. The Morgan fingerprint density at radius 1 is 0.360 bits per heavy atom. The minimum Gasteiger partial charge on any atom is -0.550 e. The molecule has 0 amide bonds. The van der Waals surface area contributed by atoms with Crippen LogP contribution in [-0.2, 0) is 28.8 Å². The molecule has 25 heavy (non-hydrogen) atoms. The Morgan fingerprint density at radius 2 is 0.360 bits per heavy atom. The molecular formula is C12H18O12U-6. The number of rotatable bonds is 0. The molecule has 0 bridgehead atoms. The van der Waals surface area contributed by atoms with Crippen LogP contribution in [0.5, 0.6) is 0 Å². The largest absolute Gasteiger partial charge is 0.550 e. The minimum absolute atomic E-state index is 0. The summed E-state index contributed by atoms with van der Waals surface area (Å²) in [4.78, 5) is 53.3. The van der Waals surface area contributed by atoms with Crippen molar-refractivity contribution in [2.24, 2.45) is 0 Å². The number of aliphatic carboxylic acids is 6. The standard InChI is InChI=1S/6C2H4O2.U/c6*1-2(3)4;/h6*1H3,(H,3,4);/p-6. The van der Waals surface area contributed by atoms with Crippen LogP contribution in [0.1, 0.15) is 41.5 Å². The second-order valence-electron chi connectivity index (χ2n) is 2.95. The van der Waals surface area contributed by atoms with E-state index in [9.17, 15) is 0 Å². The Balaban J connectivity index is -0.0000000309. The first-order valence-electron chi connectivity index (χ1n) is 5.45. The van der Waals surface area contributed by atoms with Crippen molar-refractivity contribution in [2.75, 3.05) is 0 Å². The van der Waals surface area contributed by atoms with Gasteiger partial charge in [-0.25, -0.2) is 0 Å². The van der Waals surface area contributed by atoms with E-state index in [0.29, 0.717) is 0 Å². The van der Waals surface area contributed by atoms with Crippen LogP contribution in [0.2, 0.25) is 0 Å². The Hall–Kier alpha value is -2.13. The molecule has 0 unspecified atom stereocenters. The summed E-state index contributed by atoms with van der Waals surface area (Å²) in [6.07, 6.45) is 0. The van der Waals surface area contributed by atoms with Crippen molar-refractivity contribution in [2.45, 2.75) is 41.5 Å². The summed E-state index contributed by atoms with van der Waals surface area (Å²) in [5, 5.41) is 53.3. The third-order valence-electron chi connectivity index (χ3n) is 0. The van der Waals surface area contributed by atoms with Crippen molar-refractivity contribution >= 4 is 35.8 Å². The topological polar surface area (TPSA) is 241 Å². The molecular weight excluding hydrogens is 574 g/mol. The van der Waals surface area contributed by atoms with Crippen LogP contribution in [-0.4, -0.2) is 35.8 Å². The molecule has 0 fully saturated rings. The smallest absolute Gasteiger partial charge is 0.0383 e. The maximum Gasteiger partial charge on any atom is 0.0383 e. The van der Waals surface area contributed by atoms with Crippen molar-refractivity contribution in [1.82, 2.24) is 0 Å². The van der Waals surface area contributed by atoms with E-state index in [4.69, 9.17) is 59.4 Å². The first-order chi connectivity index (χ1) is 10.4. The molecule has 0 saturated heterocycles. The van der Waals surface area contributed by atoms with Gasteiger partial charge in [-0.15, -0.1) is 0 Å². The van der Waals surface area contributed by atoms with Gasteiger partial charge in [-0.3, -0.25) is 0 Å². The number of carbonyl (C=O) groups excluding carboxylic acids is 6. The normalized spacial score (nSPS) is 6.00. The molecule has 0 aromatic rings. The van der Waals surface area contributed by atoms with Crippen LogP contribution in [0.4, 0.5) is 0 Å². The van der Waals surface area contributed by atoms with E-state index in [0.717, 1.165) is 41.5 Å². The summed E-state index contributed by atoms with van der Waals surface area (Å²) in [6.45, 7) is 5.83. The Kier molecular flexibility index (Phi) is 65.7. The molecule has 0 radical (unpaired) electrons. The molecule has 0 aromatic heterocycles. The second kappa shape index (κ2) is 37.8. The summed E-state index contributed by atoms with van der Waals surface area (Å²) >= 11 is 0. The number of carbonyl (C=O) groups is 6. The molecule has 0 N–H and O–H groups in total. The van der Waals surface area contributed by atoms with Crippen molar-refractivity contribution in [3.05, 3.63) is 0 Å². The molecule has 0 rings (SSSR count). The van der Waals surface area contributed by atoms with E-state index in [1.165, 1.54) is 0 Å². The number of carboxylic acids is 6. The van der Waals surface area contributed by atoms with E-state index in [-0.39, 0.29) is 31.1 Å². The van der Waals surface area contributed by atoms with Crippen molar-refractivity contribution < 1.29 is 90.5 Å². The molecule has 0 heterocycles. The first kappa shape index (κ1) is 43.4. The van der Waals surface area contributed by atoms with Crippen LogP contribution in [0.25, 0.3) is 0 Å². The molecule has 0 saturated carbocycles. The summed E-state index contributed by atoms with van der Waals surface area (Å²) in [7, 11) is 0. The van der Waals surface area contributed by atoms with Crippen LogP contribution in [0, 0.1) is 31.1 Å². The van der Waals surface area contributed by atoms with Gasteiger partial charge in [0.25, 0.3) is 0 Å². The number of carboxylic acid groups (broad SMARTS) is 6. The third kappa shape index (κ3) is 1910. The monoisotopic (exact) mass is 592 g/mol. The van der Waals surface area contributed by atoms with Gasteiger partial charge in [-0.05, 0) is 41.5 Å². The average molecular weight is 592 g/mol. The Morgan fingerprint density at radius 3 is 0.360 bits per heavy atom. The van der Waals surface area contributed by atoms with E-state index in [1.807, 2.05) is 0 Å². The molecule has 0 aliphatic carbocycles. The van der Waals surface area contributed by atoms with Crippen LogP contribution >= 0.6 is 0 Å². The van der Waals surface area contributed by atoms with E-state index >= 15 is 0 Å². The summed E-state index contributed by atoms with van der Waals surface area (Å²) in [5.74, 6) is -6.50. The SMILES string of the molecule is CC(=O)[O-].CC(=O)[O-].CC(=O)[O-].CC(=O)[O-].CC(=O)[O-].CC(=O)[O-].[U]. The number of hydrogen-bond acceptors (Lipinski definition) is 12. The predicted molar refractivity (Wildman–Crippen MR) is 64.1 cm³/mol. The molecule has 0 atom stereocenters. The predicted octanol–water partition coefficient (Wildman–Crippen LogP) is -7.46. The van der Waals surface area contributed by atoms with E-state index in [2.05, 4.69) is 0 Å². The van der Waals surface area contributed by atoms with Gasteiger partial charge in [0.15, 0.2) is 0 Å². The van der Waals surface area contributed by atoms with E-state index < -0.39 is 35.8 Å². The fraction of sp³-hybridized carbons (Fsp3) is 0.500. The van der Waals surface area contributed by atoms with Gasteiger partial charge in [0.2, 0.25) is 0 Å². The van der Waals surface area contributed by atoms with Gasteiger partial charge in [0.05, 0.1) is 0 Å². The number of hydrogen-bond donors (Lipinski definition) is 0. The van der Waals surface area contributed by atoms with Crippen LogP contribution in [0.15, 0.2) is 0 Å². The molecule has 12 nitrogen and oxygen atoms in total. The molecule has 0 aromatic carbocycles. The first-order valence-corrected chi connectivity index (χ1v) is 5.45. The quantitative estimate of drug-likeness (QED) is 0.255. The average Bonchev–Trinajstić information content (AvgIpc) is 2.08.